The number of benzene rings is 1. The van der Waals surface area contributed by atoms with Gasteiger partial charge in [-0.1, -0.05) is 12.1 Å². The molecular formula is C16H18N4O3. The molecule has 0 unspecified atom stereocenters. The molecule has 1 heterocycles. The minimum Gasteiger partial charge on any atom is -0.478 e. The fourth-order valence-electron chi connectivity index (χ4n) is 1.88. The van der Waals surface area contributed by atoms with Crippen LogP contribution in [0.2, 0.25) is 0 Å². The Morgan fingerprint density at radius 2 is 1.87 bits per heavy atom. The number of nitrogens with one attached hydrogen (secondary N) is 2. The molecule has 1 amide bonds. The fourth-order valence-corrected chi connectivity index (χ4v) is 1.88. The summed E-state index contributed by atoms with van der Waals surface area (Å²) < 4.78 is 0. The number of anilines is 1. The van der Waals surface area contributed by atoms with Crippen molar-refractivity contribution >= 4 is 17.6 Å². The monoisotopic (exact) mass is 314 g/mol. The third-order valence-electron chi connectivity index (χ3n) is 3.12. The number of aromatic carboxylic acids is 1. The van der Waals surface area contributed by atoms with Crippen LogP contribution in [0.15, 0.2) is 42.6 Å². The molecule has 5 N–H and O–H groups in total. The van der Waals surface area contributed by atoms with Crippen molar-refractivity contribution in [1.82, 2.24) is 10.3 Å². The van der Waals surface area contributed by atoms with E-state index in [-0.39, 0.29) is 11.5 Å². The van der Waals surface area contributed by atoms with Crippen molar-refractivity contribution in [3.05, 3.63) is 59.4 Å². The molecule has 0 spiro atoms. The van der Waals surface area contributed by atoms with Crippen LogP contribution in [0.25, 0.3) is 0 Å². The first-order valence-electron chi connectivity index (χ1n) is 7.10. The molecule has 0 saturated heterocycles. The van der Waals surface area contributed by atoms with Gasteiger partial charge in [0.15, 0.2) is 0 Å². The van der Waals surface area contributed by atoms with Crippen LogP contribution in [0, 0.1) is 0 Å². The summed E-state index contributed by atoms with van der Waals surface area (Å²) in [6, 6.07) is 10.00. The van der Waals surface area contributed by atoms with Gasteiger partial charge in [0.25, 0.3) is 5.91 Å². The van der Waals surface area contributed by atoms with Gasteiger partial charge in [-0.25, -0.2) is 9.78 Å². The molecule has 0 aliphatic rings. The Balaban J connectivity index is 1.90. The molecule has 1 aromatic heterocycles. The number of carbonyl (C=O) groups is 2. The molecule has 0 aliphatic carbocycles. The van der Waals surface area contributed by atoms with Gasteiger partial charge in [0, 0.05) is 19.6 Å². The van der Waals surface area contributed by atoms with E-state index in [0.717, 1.165) is 11.3 Å². The highest BCUT2D eigenvalue weighted by atomic mass is 16.4. The normalized spacial score (nSPS) is 10.1. The van der Waals surface area contributed by atoms with E-state index in [0.29, 0.717) is 25.3 Å². The van der Waals surface area contributed by atoms with E-state index in [1.54, 1.807) is 42.6 Å². The SMILES string of the molecule is NCCNC(=O)c1ccc(NCc2ccc(C(=O)O)cc2)cn1. The smallest absolute Gasteiger partial charge is 0.335 e. The highest BCUT2D eigenvalue weighted by molar-refractivity contribution is 5.92. The zero-order chi connectivity index (χ0) is 16.7. The number of amides is 1. The van der Waals surface area contributed by atoms with Gasteiger partial charge >= 0.3 is 5.97 Å². The lowest BCUT2D eigenvalue weighted by atomic mass is 10.1. The number of rotatable bonds is 7. The molecule has 7 nitrogen and oxygen atoms in total. The molecule has 23 heavy (non-hydrogen) atoms. The molecule has 1 aromatic carbocycles. The number of aromatic nitrogens is 1. The Morgan fingerprint density at radius 1 is 1.13 bits per heavy atom. The maximum Gasteiger partial charge on any atom is 0.335 e. The summed E-state index contributed by atoms with van der Waals surface area (Å²) in [5.41, 5.74) is 7.61. The van der Waals surface area contributed by atoms with Crippen LogP contribution >= 0.6 is 0 Å². The maximum absolute atomic E-state index is 11.7. The summed E-state index contributed by atoms with van der Waals surface area (Å²) in [5.74, 6) is -1.21. The van der Waals surface area contributed by atoms with Gasteiger partial charge in [0.05, 0.1) is 17.4 Å². The minimum atomic E-state index is -0.947. The van der Waals surface area contributed by atoms with Crippen molar-refractivity contribution in [2.45, 2.75) is 6.54 Å². The van der Waals surface area contributed by atoms with E-state index in [4.69, 9.17) is 10.8 Å². The summed E-state index contributed by atoms with van der Waals surface area (Å²) in [6.45, 7) is 1.32. The van der Waals surface area contributed by atoms with Crippen molar-refractivity contribution in [3.63, 3.8) is 0 Å². The Morgan fingerprint density at radius 3 is 2.43 bits per heavy atom. The Bertz CT molecular complexity index is 669. The molecule has 0 fully saturated rings. The number of carboxylic acid groups (broad SMARTS) is 1. The third kappa shape index (κ3) is 4.79. The number of pyridine rings is 1. The zero-order valence-corrected chi connectivity index (χ0v) is 12.5. The van der Waals surface area contributed by atoms with Crippen LogP contribution in [0.4, 0.5) is 5.69 Å². The van der Waals surface area contributed by atoms with Crippen molar-refractivity contribution < 1.29 is 14.7 Å². The number of carboxylic acids is 1. The number of carbonyl (C=O) groups excluding carboxylic acids is 1. The van der Waals surface area contributed by atoms with Gasteiger partial charge in [0.2, 0.25) is 0 Å². The largest absolute Gasteiger partial charge is 0.478 e. The Hall–Kier alpha value is -2.93. The van der Waals surface area contributed by atoms with Crippen LogP contribution in [0.3, 0.4) is 0 Å². The van der Waals surface area contributed by atoms with Crippen molar-refractivity contribution in [1.29, 1.82) is 0 Å². The Labute approximate surface area is 133 Å². The van der Waals surface area contributed by atoms with Crippen LogP contribution in [0.5, 0.6) is 0 Å². The molecular weight excluding hydrogens is 296 g/mol. The second-order valence-corrected chi connectivity index (χ2v) is 4.83. The summed E-state index contributed by atoms with van der Waals surface area (Å²) in [6.07, 6.45) is 1.57. The molecule has 7 heteroatoms. The van der Waals surface area contributed by atoms with E-state index in [2.05, 4.69) is 15.6 Å². The first-order valence-corrected chi connectivity index (χ1v) is 7.10. The standard InChI is InChI=1S/C16H18N4O3/c17-7-8-18-15(21)14-6-5-13(10-20-14)19-9-11-1-3-12(4-2-11)16(22)23/h1-6,10,19H,7-9,17H2,(H,18,21)(H,22,23). The molecule has 0 saturated carbocycles. The van der Waals surface area contributed by atoms with Gasteiger partial charge in [-0.3, -0.25) is 4.79 Å². The van der Waals surface area contributed by atoms with E-state index in [9.17, 15) is 9.59 Å². The second kappa shape index (κ2) is 7.90. The lowest BCUT2D eigenvalue weighted by molar-refractivity contribution is 0.0696. The quantitative estimate of drug-likeness (QED) is 0.607. The lowest BCUT2D eigenvalue weighted by Crippen LogP contribution is -2.29. The van der Waals surface area contributed by atoms with Gasteiger partial charge in [0.1, 0.15) is 5.69 Å². The predicted molar refractivity (Wildman–Crippen MR) is 86.4 cm³/mol. The number of nitrogens with two attached hydrogens (primary N) is 1. The molecule has 2 rings (SSSR count). The van der Waals surface area contributed by atoms with Crippen LogP contribution < -0.4 is 16.4 Å². The molecule has 120 valence electrons. The molecule has 0 radical (unpaired) electrons. The fraction of sp³-hybridized carbons (Fsp3) is 0.188. The summed E-state index contributed by atoms with van der Waals surface area (Å²) in [4.78, 5) is 26.6. The van der Waals surface area contributed by atoms with Crippen molar-refractivity contribution in [2.75, 3.05) is 18.4 Å². The van der Waals surface area contributed by atoms with E-state index < -0.39 is 5.97 Å². The number of hydrogen-bond donors (Lipinski definition) is 4. The lowest BCUT2D eigenvalue weighted by Gasteiger charge is -2.08. The topological polar surface area (TPSA) is 117 Å². The summed E-state index contributed by atoms with van der Waals surface area (Å²) >= 11 is 0. The van der Waals surface area contributed by atoms with E-state index in [1.165, 1.54) is 0 Å². The van der Waals surface area contributed by atoms with Crippen molar-refractivity contribution in [3.8, 4) is 0 Å². The van der Waals surface area contributed by atoms with Crippen LogP contribution in [0.1, 0.15) is 26.4 Å². The highest BCUT2D eigenvalue weighted by Crippen LogP contribution is 2.10. The molecule has 0 bridgehead atoms. The summed E-state index contributed by atoms with van der Waals surface area (Å²) in [5, 5.41) is 14.6. The molecule has 2 aromatic rings. The second-order valence-electron chi connectivity index (χ2n) is 4.83. The van der Waals surface area contributed by atoms with Crippen molar-refractivity contribution in [2.24, 2.45) is 5.73 Å². The summed E-state index contributed by atoms with van der Waals surface area (Å²) in [7, 11) is 0. The predicted octanol–water partition coefficient (Wildman–Crippen LogP) is 1.08. The molecule has 0 atom stereocenters. The maximum atomic E-state index is 11.7. The average molecular weight is 314 g/mol. The third-order valence-corrected chi connectivity index (χ3v) is 3.12. The van der Waals surface area contributed by atoms with E-state index in [1.807, 2.05) is 0 Å². The van der Waals surface area contributed by atoms with Gasteiger partial charge < -0.3 is 21.5 Å². The first kappa shape index (κ1) is 16.4. The first-order chi connectivity index (χ1) is 11.1. The van der Waals surface area contributed by atoms with Gasteiger partial charge in [-0.05, 0) is 29.8 Å². The highest BCUT2D eigenvalue weighted by Gasteiger charge is 2.06. The minimum absolute atomic E-state index is 0.253. The zero-order valence-electron chi connectivity index (χ0n) is 12.5. The van der Waals surface area contributed by atoms with Gasteiger partial charge in [-0.15, -0.1) is 0 Å². The van der Waals surface area contributed by atoms with E-state index >= 15 is 0 Å². The number of nitrogens with zero attached hydrogens (tertiary/aromatic N) is 1. The van der Waals surface area contributed by atoms with Gasteiger partial charge in [-0.2, -0.15) is 0 Å². The van der Waals surface area contributed by atoms with Crippen LogP contribution in [-0.4, -0.2) is 35.1 Å². The number of hydrogen-bond acceptors (Lipinski definition) is 5. The Kier molecular flexibility index (Phi) is 5.65. The van der Waals surface area contributed by atoms with Crippen LogP contribution in [-0.2, 0) is 6.54 Å². The average Bonchev–Trinajstić information content (AvgIpc) is 2.58. The molecule has 0 aliphatic heterocycles.